The highest BCUT2D eigenvalue weighted by atomic mass is 15.4. The van der Waals surface area contributed by atoms with E-state index in [4.69, 9.17) is 0 Å². The molecule has 2 aromatic heterocycles. The Morgan fingerprint density at radius 1 is 1.26 bits per heavy atom. The van der Waals surface area contributed by atoms with E-state index in [9.17, 15) is 0 Å². The van der Waals surface area contributed by atoms with Crippen LogP contribution in [0.2, 0.25) is 0 Å². The van der Waals surface area contributed by atoms with Crippen molar-refractivity contribution in [1.29, 1.82) is 0 Å². The molecule has 96 valence electrons. The van der Waals surface area contributed by atoms with Gasteiger partial charge in [0.15, 0.2) is 5.65 Å². The van der Waals surface area contributed by atoms with Crippen LogP contribution >= 0.6 is 0 Å². The first kappa shape index (κ1) is 11.6. The molecule has 19 heavy (non-hydrogen) atoms. The average molecular weight is 254 g/mol. The van der Waals surface area contributed by atoms with Crippen LogP contribution in [-0.4, -0.2) is 26.4 Å². The van der Waals surface area contributed by atoms with Gasteiger partial charge in [0.1, 0.15) is 5.52 Å². The van der Waals surface area contributed by atoms with Crippen LogP contribution in [0.15, 0.2) is 29.4 Å². The van der Waals surface area contributed by atoms with Crippen LogP contribution in [0, 0.1) is 5.92 Å². The number of para-hydroxylation sites is 1. The molecule has 6 heteroatoms. The number of anilines is 1. The van der Waals surface area contributed by atoms with Crippen molar-refractivity contribution in [3.63, 3.8) is 0 Å². The molecule has 2 N–H and O–H groups in total. The van der Waals surface area contributed by atoms with Crippen LogP contribution in [0.1, 0.15) is 13.8 Å². The minimum absolute atomic E-state index is 0.372. The van der Waals surface area contributed by atoms with E-state index in [2.05, 4.69) is 30.7 Å². The highest BCUT2D eigenvalue weighted by Crippen LogP contribution is 2.21. The van der Waals surface area contributed by atoms with Crippen molar-refractivity contribution in [2.75, 3.05) is 5.43 Å². The van der Waals surface area contributed by atoms with Gasteiger partial charge in [0.05, 0.1) is 0 Å². The smallest absolute Gasteiger partial charge is 0.265 e. The number of hydrogen-bond acceptors (Lipinski definition) is 5. The average Bonchev–Trinajstić information content (AvgIpc) is 2.76. The first-order valence-electron chi connectivity index (χ1n) is 6.14. The molecule has 3 rings (SSSR count). The van der Waals surface area contributed by atoms with Crippen molar-refractivity contribution in [1.82, 2.24) is 20.2 Å². The second-order valence-corrected chi connectivity index (χ2v) is 4.64. The van der Waals surface area contributed by atoms with Crippen LogP contribution in [0.5, 0.6) is 0 Å². The lowest BCUT2D eigenvalue weighted by Gasteiger charge is -1.97. The summed E-state index contributed by atoms with van der Waals surface area (Å²) in [6, 6.07) is 7.92. The number of fused-ring (bicyclic) bond motifs is 3. The van der Waals surface area contributed by atoms with E-state index in [1.165, 1.54) is 0 Å². The Hall–Kier alpha value is -2.50. The molecule has 0 amide bonds. The zero-order chi connectivity index (χ0) is 13.2. The molecular formula is C13H14N6. The summed E-state index contributed by atoms with van der Waals surface area (Å²) in [6.07, 6.45) is 1.79. The van der Waals surface area contributed by atoms with Gasteiger partial charge in [0.25, 0.3) is 5.95 Å². The van der Waals surface area contributed by atoms with Crippen LogP contribution < -0.4 is 5.43 Å². The van der Waals surface area contributed by atoms with Gasteiger partial charge in [-0.2, -0.15) is 10.1 Å². The lowest BCUT2D eigenvalue weighted by Crippen LogP contribution is -2.00. The van der Waals surface area contributed by atoms with E-state index < -0.39 is 0 Å². The van der Waals surface area contributed by atoms with Gasteiger partial charge in [-0.3, -0.25) is 0 Å². The highest BCUT2D eigenvalue weighted by molar-refractivity contribution is 6.03. The standard InChI is InChI=1S/C13H14N6/c1-8(2)7-14-18-13-16-12-11(17-19-13)9-5-3-4-6-10(9)15-12/h3-8H,1-2H3,(H2,15,16,18,19)/b14-7-. The molecule has 2 heterocycles. The van der Waals surface area contributed by atoms with Crippen molar-refractivity contribution >= 4 is 34.2 Å². The lowest BCUT2D eigenvalue weighted by molar-refractivity contribution is 0.901. The Balaban J connectivity index is 1.99. The fourth-order valence-corrected chi connectivity index (χ4v) is 1.81. The van der Waals surface area contributed by atoms with Gasteiger partial charge in [-0.1, -0.05) is 32.0 Å². The molecule has 0 radical (unpaired) electrons. The fourth-order valence-electron chi connectivity index (χ4n) is 1.81. The normalized spacial score (nSPS) is 11.9. The molecule has 0 bridgehead atoms. The number of hydrogen-bond donors (Lipinski definition) is 2. The van der Waals surface area contributed by atoms with Crippen molar-refractivity contribution in [2.24, 2.45) is 11.0 Å². The minimum Gasteiger partial charge on any atom is -0.338 e. The maximum absolute atomic E-state index is 4.36. The first-order valence-corrected chi connectivity index (χ1v) is 6.14. The zero-order valence-corrected chi connectivity index (χ0v) is 10.8. The summed E-state index contributed by atoms with van der Waals surface area (Å²) in [6.45, 7) is 4.09. The maximum atomic E-state index is 4.36. The van der Waals surface area contributed by atoms with Crippen LogP contribution in [0.3, 0.4) is 0 Å². The van der Waals surface area contributed by atoms with Gasteiger partial charge in [-0.15, -0.1) is 10.2 Å². The molecular weight excluding hydrogens is 240 g/mol. The van der Waals surface area contributed by atoms with Crippen LogP contribution in [0.25, 0.3) is 22.1 Å². The van der Waals surface area contributed by atoms with Crippen molar-refractivity contribution in [3.05, 3.63) is 24.3 Å². The molecule has 0 unspecified atom stereocenters. The topological polar surface area (TPSA) is 78.8 Å². The Kier molecular flexibility index (Phi) is 2.83. The van der Waals surface area contributed by atoms with Crippen molar-refractivity contribution in [3.8, 4) is 0 Å². The highest BCUT2D eigenvalue weighted by Gasteiger charge is 2.07. The third kappa shape index (κ3) is 2.24. The molecule has 0 aliphatic carbocycles. The third-order valence-corrected chi connectivity index (χ3v) is 2.66. The van der Waals surface area contributed by atoms with E-state index in [-0.39, 0.29) is 0 Å². The number of rotatable bonds is 3. The Morgan fingerprint density at radius 2 is 2.11 bits per heavy atom. The number of aromatic nitrogens is 4. The summed E-state index contributed by atoms with van der Waals surface area (Å²) in [5.74, 6) is 0.758. The summed E-state index contributed by atoms with van der Waals surface area (Å²) in [4.78, 5) is 7.57. The predicted octanol–water partition coefficient (Wildman–Crippen LogP) is 2.56. The number of aromatic amines is 1. The maximum Gasteiger partial charge on any atom is 0.265 e. The first-order chi connectivity index (χ1) is 9.24. The van der Waals surface area contributed by atoms with E-state index in [0.29, 0.717) is 17.5 Å². The molecule has 1 aromatic carbocycles. The SMILES string of the molecule is CC(C)/C=N\Nc1nnc2c(n1)[nH]c1ccccc12. The molecule has 0 fully saturated rings. The van der Waals surface area contributed by atoms with Crippen LogP contribution in [0.4, 0.5) is 5.95 Å². The Morgan fingerprint density at radius 3 is 2.95 bits per heavy atom. The predicted molar refractivity (Wildman–Crippen MR) is 76.1 cm³/mol. The summed E-state index contributed by atoms with van der Waals surface area (Å²) >= 11 is 0. The summed E-state index contributed by atoms with van der Waals surface area (Å²) in [5, 5.41) is 13.3. The largest absolute Gasteiger partial charge is 0.338 e. The molecule has 0 aliphatic heterocycles. The molecule has 0 aliphatic rings. The van der Waals surface area contributed by atoms with E-state index in [0.717, 1.165) is 16.4 Å². The van der Waals surface area contributed by atoms with E-state index in [1.807, 2.05) is 38.1 Å². The second-order valence-electron chi connectivity index (χ2n) is 4.64. The third-order valence-electron chi connectivity index (χ3n) is 2.66. The Bertz CT molecular complexity index is 743. The Labute approximate surface area is 110 Å². The monoisotopic (exact) mass is 254 g/mol. The number of hydrazone groups is 1. The van der Waals surface area contributed by atoms with Crippen molar-refractivity contribution in [2.45, 2.75) is 13.8 Å². The van der Waals surface area contributed by atoms with Crippen molar-refractivity contribution < 1.29 is 0 Å². The number of nitrogens with zero attached hydrogens (tertiary/aromatic N) is 4. The van der Waals surface area contributed by atoms with E-state index in [1.54, 1.807) is 6.21 Å². The van der Waals surface area contributed by atoms with Gasteiger partial charge in [0.2, 0.25) is 0 Å². The summed E-state index contributed by atoms with van der Waals surface area (Å²) in [5.41, 5.74) is 5.26. The van der Waals surface area contributed by atoms with Gasteiger partial charge >= 0.3 is 0 Å². The van der Waals surface area contributed by atoms with Gasteiger partial charge in [-0.25, -0.2) is 5.43 Å². The molecule has 0 spiro atoms. The minimum atomic E-state index is 0.372. The summed E-state index contributed by atoms with van der Waals surface area (Å²) in [7, 11) is 0. The molecule has 0 atom stereocenters. The summed E-state index contributed by atoms with van der Waals surface area (Å²) < 4.78 is 0. The van der Waals surface area contributed by atoms with Crippen LogP contribution in [-0.2, 0) is 0 Å². The zero-order valence-electron chi connectivity index (χ0n) is 10.8. The van der Waals surface area contributed by atoms with E-state index >= 15 is 0 Å². The van der Waals surface area contributed by atoms with Gasteiger partial charge < -0.3 is 4.98 Å². The number of benzene rings is 1. The quantitative estimate of drug-likeness (QED) is 0.556. The number of nitrogens with one attached hydrogen (secondary N) is 2. The second kappa shape index (κ2) is 4.64. The van der Waals surface area contributed by atoms with Gasteiger partial charge in [0, 0.05) is 17.1 Å². The molecule has 0 saturated heterocycles. The number of H-pyrrole nitrogens is 1. The molecule has 3 aromatic rings. The lowest BCUT2D eigenvalue weighted by atomic mass is 10.2. The molecule has 6 nitrogen and oxygen atoms in total. The fraction of sp³-hybridized carbons (Fsp3) is 0.231. The molecule has 0 saturated carbocycles. The van der Waals surface area contributed by atoms with Gasteiger partial charge in [-0.05, 0) is 12.0 Å².